The van der Waals surface area contributed by atoms with Crippen molar-refractivity contribution in [3.05, 3.63) is 35.9 Å². The number of benzene rings is 1. The summed E-state index contributed by atoms with van der Waals surface area (Å²) in [7, 11) is -4.40. The smallest absolute Gasteiger partial charge is 0.787 e. The van der Waals surface area contributed by atoms with E-state index in [9.17, 15) is 28.9 Å². The molecule has 0 saturated carbocycles. The standard InChI is InChI=1S/C19H30N3O7P.2Li/c1-4-15(17(23)21-16(18(24)25)10-13(2)3)22-30(27,28)12-20-19(26)29-11-14-8-6-5-7-9-14;;/h5-9,13,15-16H,4,10-12H2,1-3H3,(H,20,26)(H,21,23)(H,24,25)(H2,22,27,28);;/q;2*+1/p-2/t15-,16-;;/m0../s1. The van der Waals surface area contributed by atoms with E-state index in [1.165, 1.54) is 0 Å². The largest absolute Gasteiger partial charge is 1.00 e. The Morgan fingerprint density at radius 1 is 1.09 bits per heavy atom. The second-order valence-electron chi connectivity index (χ2n) is 7.17. The van der Waals surface area contributed by atoms with Crippen LogP contribution in [0.15, 0.2) is 30.3 Å². The van der Waals surface area contributed by atoms with Crippen molar-refractivity contribution >= 4 is 25.5 Å². The summed E-state index contributed by atoms with van der Waals surface area (Å²) in [5.74, 6) is -2.24. The van der Waals surface area contributed by atoms with E-state index in [1.807, 2.05) is 0 Å². The summed E-state index contributed by atoms with van der Waals surface area (Å²) in [6.45, 7) is 5.11. The van der Waals surface area contributed by atoms with Crippen molar-refractivity contribution in [2.24, 2.45) is 5.92 Å². The maximum Gasteiger partial charge on any atom is 1.00 e. The third-order valence-electron chi connectivity index (χ3n) is 4.03. The molecule has 0 aromatic heterocycles. The number of carboxylic acid groups (broad SMARTS) is 1. The van der Waals surface area contributed by atoms with E-state index in [4.69, 9.17) is 4.74 Å². The van der Waals surface area contributed by atoms with Crippen LogP contribution >= 0.6 is 7.52 Å². The van der Waals surface area contributed by atoms with Crippen molar-refractivity contribution in [2.45, 2.75) is 52.3 Å². The Labute approximate surface area is 212 Å². The van der Waals surface area contributed by atoms with Gasteiger partial charge in [-0.25, -0.2) is 4.79 Å². The topological polar surface area (TPSA) is 160 Å². The fraction of sp³-hybridized carbons (Fsp3) is 0.526. The first-order chi connectivity index (χ1) is 14.0. The van der Waals surface area contributed by atoms with Crippen LogP contribution in [0.4, 0.5) is 4.79 Å². The Kier molecular flexibility index (Phi) is 16.9. The van der Waals surface area contributed by atoms with Gasteiger partial charge < -0.3 is 34.7 Å². The van der Waals surface area contributed by atoms with Gasteiger partial charge in [0.2, 0.25) is 5.91 Å². The SMILES string of the molecule is CC[C@H](NP(=O)([O-])CNC(=O)OCc1ccccc1)C(=O)N[C@@H](CC(C)C)C(=O)[O-].[Li+].[Li+]. The molecule has 1 aromatic carbocycles. The van der Waals surface area contributed by atoms with E-state index in [1.54, 1.807) is 51.1 Å². The van der Waals surface area contributed by atoms with Gasteiger partial charge in [0.25, 0.3) is 0 Å². The fourth-order valence-corrected chi connectivity index (χ4v) is 3.72. The Hall–Kier alpha value is -1.23. The number of nitrogens with one attached hydrogen (secondary N) is 3. The Bertz CT molecular complexity index is 769. The molecule has 0 saturated heterocycles. The Balaban J connectivity index is 0. The van der Waals surface area contributed by atoms with Crippen LogP contribution in [0.25, 0.3) is 0 Å². The quantitative estimate of drug-likeness (QED) is 0.208. The molecule has 1 unspecified atom stereocenters. The predicted molar refractivity (Wildman–Crippen MR) is 106 cm³/mol. The monoisotopic (exact) mass is 455 g/mol. The van der Waals surface area contributed by atoms with Gasteiger partial charge in [0.15, 0.2) is 0 Å². The zero-order chi connectivity index (χ0) is 22.7. The summed E-state index contributed by atoms with van der Waals surface area (Å²) in [4.78, 5) is 47.4. The number of rotatable bonds is 12. The molecule has 1 rings (SSSR count). The van der Waals surface area contributed by atoms with Gasteiger partial charge in [0.05, 0.1) is 31.9 Å². The van der Waals surface area contributed by atoms with Crippen LogP contribution < -0.4 is 63.4 Å². The van der Waals surface area contributed by atoms with Crippen LogP contribution in [0.1, 0.15) is 39.2 Å². The number of carbonyl (C=O) groups is 3. The van der Waals surface area contributed by atoms with Crippen molar-refractivity contribution in [3.8, 4) is 0 Å². The number of hydrogen-bond acceptors (Lipinski definition) is 7. The number of alkyl carbamates (subject to hydrolysis) is 1. The summed E-state index contributed by atoms with van der Waals surface area (Å²) in [6, 6.07) is 6.42. The molecule has 1 aromatic rings. The predicted octanol–water partition coefficient (Wildman–Crippen LogP) is -5.92. The molecule has 0 bridgehead atoms. The molecule has 32 heavy (non-hydrogen) atoms. The minimum absolute atomic E-state index is 0. The summed E-state index contributed by atoms with van der Waals surface area (Å²) < 4.78 is 17.1. The number of ether oxygens (including phenoxy) is 1. The van der Waals surface area contributed by atoms with Crippen molar-refractivity contribution in [3.63, 3.8) is 0 Å². The minimum atomic E-state index is -4.40. The molecule has 3 atom stereocenters. The number of amides is 2. The number of carboxylic acids is 1. The second-order valence-corrected chi connectivity index (χ2v) is 9.09. The summed E-state index contributed by atoms with van der Waals surface area (Å²) >= 11 is 0. The average Bonchev–Trinajstić information content (AvgIpc) is 2.68. The molecule has 0 aliphatic heterocycles. The van der Waals surface area contributed by atoms with Gasteiger partial charge in [-0.15, -0.1) is 0 Å². The van der Waals surface area contributed by atoms with Crippen molar-refractivity contribution < 1.29 is 71.4 Å². The molecular weight excluding hydrogens is 427 g/mol. The second kappa shape index (κ2) is 16.4. The van der Waals surface area contributed by atoms with Crippen LogP contribution in [0.2, 0.25) is 0 Å². The summed E-state index contributed by atoms with van der Waals surface area (Å²) in [5.41, 5.74) is 0.739. The van der Waals surface area contributed by atoms with E-state index in [2.05, 4.69) is 15.7 Å². The minimum Gasteiger partial charge on any atom is -0.787 e. The van der Waals surface area contributed by atoms with E-state index >= 15 is 0 Å². The third kappa shape index (κ3) is 13.4. The maximum absolute atomic E-state index is 12.3. The molecule has 2 amide bonds. The first kappa shape index (κ1) is 33.0. The van der Waals surface area contributed by atoms with E-state index < -0.39 is 43.9 Å². The average molecular weight is 455 g/mol. The van der Waals surface area contributed by atoms with Crippen LogP contribution in [0, 0.1) is 5.92 Å². The van der Waals surface area contributed by atoms with Gasteiger partial charge in [0.1, 0.15) is 6.61 Å². The normalized spacial score (nSPS) is 14.0. The Morgan fingerprint density at radius 2 is 1.69 bits per heavy atom. The third-order valence-corrected chi connectivity index (χ3v) is 5.31. The molecule has 0 fully saturated rings. The molecule has 10 nitrogen and oxygen atoms in total. The van der Waals surface area contributed by atoms with Gasteiger partial charge >= 0.3 is 43.8 Å². The number of aliphatic carboxylic acids is 1. The molecule has 0 radical (unpaired) electrons. The van der Waals surface area contributed by atoms with Crippen LogP contribution in [0.5, 0.6) is 0 Å². The van der Waals surface area contributed by atoms with Crippen LogP contribution in [-0.4, -0.2) is 36.3 Å². The molecule has 13 heteroatoms. The molecule has 0 spiro atoms. The fourth-order valence-electron chi connectivity index (χ4n) is 2.52. The van der Waals surface area contributed by atoms with E-state index in [0.717, 1.165) is 5.56 Å². The summed E-state index contributed by atoms with van der Waals surface area (Å²) in [6.07, 6.45) is -1.48. The Morgan fingerprint density at radius 3 is 2.19 bits per heavy atom. The van der Waals surface area contributed by atoms with Crippen molar-refractivity contribution in [2.75, 3.05) is 6.29 Å². The first-order valence-corrected chi connectivity index (χ1v) is 11.4. The zero-order valence-electron chi connectivity index (χ0n) is 19.3. The molecule has 3 N–H and O–H groups in total. The number of carbonyl (C=O) groups excluding carboxylic acids is 3. The van der Waals surface area contributed by atoms with Crippen molar-refractivity contribution in [1.29, 1.82) is 0 Å². The zero-order valence-corrected chi connectivity index (χ0v) is 20.1. The van der Waals surface area contributed by atoms with E-state index in [-0.39, 0.29) is 63.1 Å². The molecule has 0 aliphatic carbocycles. The van der Waals surface area contributed by atoms with Gasteiger partial charge in [-0.2, -0.15) is 0 Å². The molecular formula is C19H28Li2N3O7P. The summed E-state index contributed by atoms with van der Waals surface area (Å²) in [5, 5.41) is 17.8. The maximum atomic E-state index is 12.3. The van der Waals surface area contributed by atoms with Gasteiger partial charge in [-0.1, -0.05) is 51.1 Å². The van der Waals surface area contributed by atoms with Crippen molar-refractivity contribution in [1.82, 2.24) is 15.7 Å². The van der Waals surface area contributed by atoms with Gasteiger partial charge in [-0.05, 0) is 24.3 Å². The van der Waals surface area contributed by atoms with Gasteiger partial charge in [0, 0.05) is 0 Å². The first-order valence-electron chi connectivity index (χ1n) is 9.57. The van der Waals surface area contributed by atoms with Crippen LogP contribution in [-0.2, 0) is 25.5 Å². The molecule has 0 heterocycles. The molecule has 0 aliphatic rings. The van der Waals surface area contributed by atoms with Gasteiger partial charge in [-0.3, -0.25) is 9.88 Å². The van der Waals surface area contributed by atoms with Crippen LogP contribution in [0.3, 0.4) is 0 Å². The number of hydrogen-bond donors (Lipinski definition) is 3. The molecule has 168 valence electrons. The van der Waals surface area contributed by atoms with E-state index in [0.29, 0.717) is 0 Å².